The van der Waals surface area contributed by atoms with Crippen molar-refractivity contribution in [3.05, 3.63) is 217 Å². The molecule has 0 saturated heterocycles. The maximum Gasteiger partial charge on any atom is 0.194 e. The quantitative estimate of drug-likeness (QED) is 0.0636. The molecule has 0 radical (unpaired) electrons. The van der Waals surface area contributed by atoms with E-state index in [0.29, 0.717) is 126 Å². The minimum atomic E-state index is -1.53. The molecule has 0 aliphatic rings. The lowest BCUT2D eigenvalue weighted by molar-refractivity contribution is 0.413. The first-order valence-corrected chi connectivity index (χ1v) is 28.0. The molecular formula is C63H44F7N21O3. The van der Waals surface area contributed by atoms with Gasteiger partial charge in [0.15, 0.2) is 63.5 Å². The highest BCUT2D eigenvalue weighted by Crippen LogP contribution is 2.29. The topological polar surface area (TPSA) is 270 Å². The van der Waals surface area contributed by atoms with E-state index in [1.165, 1.54) is 33.3 Å². The maximum atomic E-state index is 13.6. The number of hydrogen-bond donors (Lipinski definition) is 3. The van der Waals surface area contributed by atoms with Gasteiger partial charge in [-0.2, -0.15) is 28.8 Å². The molecule has 468 valence electrons. The average molecular weight is 1280 g/mol. The summed E-state index contributed by atoms with van der Waals surface area (Å²) in [6.07, 6.45) is 9.82. The van der Waals surface area contributed by atoms with Crippen LogP contribution in [0.1, 0.15) is 17.5 Å². The van der Waals surface area contributed by atoms with Crippen LogP contribution in [0.4, 0.5) is 47.8 Å². The monoisotopic (exact) mass is 1280 g/mol. The molecule has 0 bridgehead atoms. The molecule has 15 rings (SSSR count). The highest BCUT2D eigenvalue weighted by molar-refractivity contribution is 5.89. The summed E-state index contributed by atoms with van der Waals surface area (Å²) < 4.78 is 115. The van der Waals surface area contributed by atoms with Crippen molar-refractivity contribution in [2.24, 2.45) is 0 Å². The fraction of sp³-hybridized carbons (Fsp3) is 0.0952. The van der Waals surface area contributed by atoms with Crippen molar-refractivity contribution in [1.82, 2.24) is 89.3 Å². The van der Waals surface area contributed by atoms with Crippen molar-refractivity contribution in [3.8, 4) is 51.0 Å². The van der Waals surface area contributed by atoms with E-state index in [9.17, 15) is 30.7 Å². The van der Waals surface area contributed by atoms with Gasteiger partial charge in [-0.05, 0) is 97.1 Å². The first-order chi connectivity index (χ1) is 45.7. The predicted octanol–water partition coefficient (Wildman–Crippen LogP) is 11.0. The van der Waals surface area contributed by atoms with Gasteiger partial charge in [0, 0.05) is 59.5 Å². The Bertz CT molecular complexity index is 5310. The third kappa shape index (κ3) is 12.6. The van der Waals surface area contributed by atoms with E-state index < -0.39 is 40.7 Å². The van der Waals surface area contributed by atoms with E-state index in [0.717, 1.165) is 41.7 Å². The molecule has 0 atom stereocenters. The molecule has 3 N–H and O–H groups in total. The summed E-state index contributed by atoms with van der Waals surface area (Å²) in [5, 5.41) is 47.8. The van der Waals surface area contributed by atoms with Crippen LogP contribution in [-0.4, -0.2) is 111 Å². The number of halogens is 7. The van der Waals surface area contributed by atoms with Gasteiger partial charge in [0.25, 0.3) is 0 Å². The first kappa shape index (κ1) is 60.2. The van der Waals surface area contributed by atoms with Gasteiger partial charge in [-0.25, -0.2) is 45.7 Å². The predicted molar refractivity (Wildman–Crippen MR) is 329 cm³/mol. The fourth-order valence-corrected chi connectivity index (χ4v) is 9.67. The summed E-state index contributed by atoms with van der Waals surface area (Å²) in [7, 11) is 4.70. The summed E-state index contributed by atoms with van der Waals surface area (Å²) in [5.74, 6) is -3.95. The van der Waals surface area contributed by atoms with Crippen molar-refractivity contribution < 1.29 is 44.9 Å². The molecule has 24 nitrogen and oxygen atoms in total. The third-order valence-corrected chi connectivity index (χ3v) is 14.3. The van der Waals surface area contributed by atoms with Crippen LogP contribution in [0.5, 0.6) is 17.2 Å². The first-order valence-electron chi connectivity index (χ1n) is 28.0. The summed E-state index contributed by atoms with van der Waals surface area (Å²) in [4.78, 5) is 26.1. The number of methoxy groups -OCH3 is 3. The molecule has 3 aromatic carbocycles. The van der Waals surface area contributed by atoms with E-state index in [2.05, 4.69) is 91.7 Å². The lowest BCUT2D eigenvalue weighted by Gasteiger charge is -2.09. The van der Waals surface area contributed by atoms with Crippen molar-refractivity contribution in [3.63, 3.8) is 0 Å². The third-order valence-electron chi connectivity index (χ3n) is 14.3. The molecule has 0 saturated carbocycles. The van der Waals surface area contributed by atoms with Crippen LogP contribution in [0.2, 0.25) is 0 Å². The Labute approximate surface area is 524 Å². The molecular weight excluding hydrogens is 1230 g/mol. The molecule has 12 aromatic heterocycles. The van der Waals surface area contributed by atoms with Crippen LogP contribution >= 0.6 is 0 Å². The molecule has 0 amide bonds. The SMILES string of the molecule is COc1cnc2c(NCc3nnc4ccc(-c5cc(F)c(F)c(F)c5)nn34)ccnc2c1.COc1cnc2c(NCc3nnc4ccc(-c5cc(F)cc(F)c5)nn34)ccnc2c1.COc1cnc2c(NCc3nnc4ccc(-c5ccc(F)c(F)c5)nn34)ccnc2c1. The molecule has 0 aliphatic carbocycles. The van der Waals surface area contributed by atoms with Crippen molar-refractivity contribution in [1.29, 1.82) is 0 Å². The Morgan fingerprint density at radius 3 is 1.09 bits per heavy atom. The second-order valence-electron chi connectivity index (χ2n) is 20.2. The lowest BCUT2D eigenvalue weighted by atomic mass is 10.1. The Hall–Kier alpha value is -12.7. The maximum absolute atomic E-state index is 13.6. The van der Waals surface area contributed by atoms with Gasteiger partial charge in [0.2, 0.25) is 0 Å². The molecule has 0 aliphatic heterocycles. The van der Waals surface area contributed by atoms with Crippen LogP contribution in [-0.2, 0) is 19.6 Å². The molecule has 0 unspecified atom stereocenters. The van der Waals surface area contributed by atoms with Gasteiger partial charge in [0.1, 0.15) is 45.4 Å². The molecule has 15 aromatic rings. The van der Waals surface area contributed by atoms with E-state index in [4.69, 9.17) is 14.2 Å². The Kier molecular flexibility index (Phi) is 16.7. The van der Waals surface area contributed by atoms with Crippen LogP contribution < -0.4 is 30.2 Å². The minimum absolute atomic E-state index is 0.0918. The van der Waals surface area contributed by atoms with E-state index in [1.807, 2.05) is 6.07 Å². The Balaban J connectivity index is 0.000000128. The number of nitrogens with zero attached hydrogens (tertiary/aromatic N) is 18. The number of ether oxygens (including phenoxy) is 3. The second-order valence-corrected chi connectivity index (χ2v) is 20.2. The van der Waals surface area contributed by atoms with Gasteiger partial charge < -0.3 is 30.2 Å². The normalized spacial score (nSPS) is 11.2. The van der Waals surface area contributed by atoms with Gasteiger partial charge in [-0.15, -0.1) is 30.6 Å². The summed E-state index contributed by atoms with van der Waals surface area (Å²) in [6, 6.07) is 29.3. The molecule has 31 heteroatoms. The number of pyridine rings is 6. The van der Waals surface area contributed by atoms with Crippen LogP contribution in [0, 0.1) is 40.7 Å². The van der Waals surface area contributed by atoms with Crippen molar-refractivity contribution >= 4 is 67.1 Å². The molecule has 12 heterocycles. The molecule has 0 spiro atoms. The average Bonchev–Trinajstić information content (AvgIpc) is 1.57. The minimum Gasteiger partial charge on any atom is -0.495 e. The van der Waals surface area contributed by atoms with Crippen molar-refractivity contribution in [2.75, 3.05) is 37.3 Å². The standard InChI is InChI=1S/C21H14F3N7O.2C21H15F2N7O/c1-32-12-8-17-21(27-9-12)16(4-5-25-17)26-10-19-29-28-18-3-2-15(30-31(18)19)11-6-13(22)20(24)14(23)7-11;1-31-15-9-18-21(26-10-15)17(4-5-24-18)25-11-20-28-27-19-3-2-16(29-30(19)20)12-6-13(22)8-14(23)7-12;1-31-13-9-18-21(26-10-13)17(6-7-24-18)25-11-20-28-27-19-5-4-16(29-30(19)20)12-2-3-14(22)15(23)8-12/h2-9H,10H2,1H3,(H,25,26);2*2-10H,11H2,1H3,(H,24,25). The number of hydrogen-bond acceptors (Lipinski definition) is 21. The zero-order chi connectivity index (χ0) is 65.0. The zero-order valence-electron chi connectivity index (χ0n) is 49.1. The number of rotatable bonds is 15. The smallest absolute Gasteiger partial charge is 0.194 e. The van der Waals surface area contributed by atoms with E-state index in [-0.39, 0.29) is 17.8 Å². The summed E-state index contributed by atoms with van der Waals surface area (Å²) in [5.41, 5.74) is 9.74. The number of aromatic nitrogens is 18. The number of fused-ring (bicyclic) bond motifs is 6. The highest BCUT2D eigenvalue weighted by atomic mass is 19.2. The second kappa shape index (κ2) is 26.0. The van der Waals surface area contributed by atoms with Crippen LogP contribution in [0.3, 0.4) is 0 Å². The van der Waals surface area contributed by atoms with Crippen LogP contribution in [0.15, 0.2) is 159 Å². The Morgan fingerprint density at radius 1 is 0.351 bits per heavy atom. The number of benzene rings is 3. The van der Waals surface area contributed by atoms with Crippen molar-refractivity contribution in [2.45, 2.75) is 19.6 Å². The lowest BCUT2D eigenvalue weighted by Crippen LogP contribution is -2.07. The van der Waals surface area contributed by atoms with Gasteiger partial charge in [-0.1, -0.05) is 0 Å². The van der Waals surface area contributed by atoms with E-state index >= 15 is 0 Å². The van der Waals surface area contributed by atoms with E-state index in [1.54, 1.807) is 124 Å². The van der Waals surface area contributed by atoms with Crippen LogP contribution in [0.25, 0.3) is 83.8 Å². The Morgan fingerprint density at radius 2 is 0.713 bits per heavy atom. The highest BCUT2D eigenvalue weighted by Gasteiger charge is 2.18. The summed E-state index contributed by atoms with van der Waals surface area (Å²) >= 11 is 0. The zero-order valence-corrected chi connectivity index (χ0v) is 49.1. The molecule has 94 heavy (non-hydrogen) atoms. The number of nitrogens with one attached hydrogen (secondary N) is 3. The number of anilines is 3. The molecule has 0 fully saturated rings. The summed E-state index contributed by atoms with van der Waals surface area (Å²) in [6.45, 7) is 0.834. The largest absolute Gasteiger partial charge is 0.495 e. The van der Waals surface area contributed by atoms with Gasteiger partial charge in [0.05, 0.1) is 110 Å². The van der Waals surface area contributed by atoms with Gasteiger partial charge in [-0.3, -0.25) is 15.0 Å². The van der Waals surface area contributed by atoms with Gasteiger partial charge >= 0.3 is 0 Å². The fourth-order valence-electron chi connectivity index (χ4n) is 9.67.